The Morgan fingerprint density at radius 1 is 1.56 bits per heavy atom. The second-order valence-electron chi connectivity index (χ2n) is 4.59. The maximum absolute atomic E-state index is 13.5. The molecule has 0 amide bonds. The predicted octanol–water partition coefficient (Wildman–Crippen LogP) is 1.87. The summed E-state index contributed by atoms with van der Waals surface area (Å²) in [5.74, 6) is -1.57. The summed E-state index contributed by atoms with van der Waals surface area (Å²) in [7, 11) is 0. The largest absolute Gasteiger partial charge is 0.478 e. The van der Waals surface area contributed by atoms with Crippen molar-refractivity contribution in [1.29, 1.82) is 0 Å². The highest BCUT2D eigenvalue weighted by atomic mass is 19.1. The summed E-state index contributed by atoms with van der Waals surface area (Å²) in [5, 5.41) is 8.93. The number of hydrogen-bond donors (Lipinski definition) is 2. The van der Waals surface area contributed by atoms with Crippen LogP contribution in [0.4, 0.5) is 4.39 Å². The van der Waals surface area contributed by atoms with Crippen molar-refractivity contribution in [2.75, 3.05) is 0 Å². The van der Waals surface area contributed by atoms with Crippen molar-refractivity contribution in [1.82, 2.24) is 0 Å². The van der Waals surface area contributed by atoms with E-state index in [2.05, 4.69) is 0 Å². The van der Waals surface area contributed by atoms with E-state index < -0.39 is 11.8 Å². The highest BCUT2D eigenvalue weighted by molar-refractivity contribution is 5.89. The Hall–Kier alpha value is -1.42. The fourth-order valence-corrected chi connectivity index (χ4v) is 1.80. The zero-order valence-corrected chi connectivity index (χ0v) is 9.09. The number of nitrogens with two attached hydrogens (primary N) is 1. The maximum Gasteiger partial charge on any atom is 0.336 e. The van der Waals surface area contributed by atoms with E-state index in [9.17, 15) is 9.18 Å². The monoisotopic (exact) mass is 223 g/mol. The highest BCUT2D eigenvalue weighted by Crippen LogP contribution is 2.36. The SMILES string of the molecule is Cc1c(F)cc(CC2(N)CC2)cc1C(=O)O. The van der Waals surface area contributed by atoms with Crippen molar-refractivity contribution >= 4 is 5.97 Å². The summed E-state index contributed by atoms with van der Waals surface area (Å²) in [6, 6.07) is 2.91. The molecule has 16 heavy (non-hydrogen) atoms. The van der Waals surface area contributed by atoms with Gasteiger partial charge in [-0.3, -0.25) is 0 Å². The van der Waals surface area contributed by atoms with Gasteiger partial charge in [0.2, 0.25) is 0 Å². The molecule has 0 aromatic heterocycles. The van der Waals surface area contributed by atoms with Gasteiger partial charge in [0.25, 0.3) is 0 Å². The van der Waals surface area contributed by atoms with Gasteiger partial charge in [-0.1, -0.05) is 0 Å². The van der Waals surface area contributed by atoms with Gasteiger partial charge in [0.1, 0.15) is 5.82 Å². The van der Waals surface area contributed by atoms with Gasteiger partial charge in [0, 0.05) is 5.54 Å². The van der Waals surface area contributed by atoms with Crippen LogP contribution in [0.15, 0.2) is 12.1 Å². The molecule has 0 saturated heterocycles. The minimum Gasteiger partial charge on any atom is -0.478 e. The number of carbonyl (C=O) groups is 1. The Morgan fingerprint density at radius 2 is 2.19 bits per heavy atom. The number of halogens is 1. The van der Waals surface area contributed by atoms with E-state index in [0.29, 0.717) is 12.0 Å². The standard InChI is InChI=1S/C12H14FNO2/c1-7-9(11(15)16)4-8(5-10(7)13)6-12(14)2-3-12/h4-5H,2-3,6,14H2,1H3,(H,15,16). The van der Waals surface area contributed by atoms with Crippen LogP contribution < -0.4 is 5.73 Å². The van der Waals surface area contributed by atoms with E-state index >= 15 is 0 Å². The third kappa shape index (κ3) is 2.07. The van der Waals surface area contributed by atoms with E-state index in [0.717, 1.165) is 12.8 Å². The quantitative estimate of drug-likeness (QED) is 0.822. The van der Waals surface area contributed by atoms with Gasteiger partial charge in [-0.25, -0.2) is 9.18 Å². The van der Waals surface area contributed by atoms with Crippen LogP contribution in [0.3, 0.4) is 0 Å². The fourth-order valence-electron chi connectivity index (χ4n) is 1.80. The summed E-state index contributed by atoms with van der Waals surface area (Å²) < 4.78 is 13.5. The summed E-state index contributed by atoms with van der Waals surface area (Å²) in [6.45, 7) is 1.47. The average molecular weight is 223 g/mol. The van der Waals surface area contributed by atoms with Crippen LogP contribution in [-0.2, 0) is 6.42 Å². The molecular formula is C12H14FNO2. The second-order valence-corrected chi connectivity index (χ2v) is 4.59. The normalized spacial score (nSPS) is 17.2. The van der Waals surface area contributed by atoms with Crippen LogP contribution in [0, 0.1) is 12.7 Å². The van der Waals surface area contributed by atoms with Crippen LogP contribution in [-0.4, -0.2) is 16.6 Å². The lowest BCUT2D eigenvalue weighted by atomic mass is 9.99. The molecule has 0 unspecified atom stereocenters. The topological polar surface area (TPSA) is 63.3 Å². The third-order valence-corrected chi connectivity index (χ3v) is 3.08. The number of carboxylic acid groups (broad SMARTS) is 1. The van der Waals surface area contributed by atoms with Gasteiger partial charge in [-0.15, -0.1) is 0 Å². The van der Waals surface area contributed by atoms with Crippen LogP contribution in [0.1, 0.15) is 34.3 Å². The number of hydrogen-bond acceptors (Lipinski definition) is 2. The van der Waals surface area contributed by atoms with Crippen molar-refractivity contribution < 1.29 is 14.3 Å². The van der Waals surface area contributed by atoms with E-state index in [1.807, 2.05) is 0 Å². The first kappa shape index (κ1) is 11.1. The van der Waals surface area contributed by atoms with Gasteiger partial charge >= 0.3 is 5.97 Å². The van der Waals surface area contributed by atoms with Crippen molar-refractivity contribution in [2.45, 2.75) is 31.7 Å². The Morgan fingerprint density at radius 3 is 2.69 bits per heavy atom. The van der Waals surface area contributed by atoms with E-state index in [1.165, 1.54) is 19.1 Å². The maximum atomic E-state index is 13.5. The molecule has 1 aliphatic rings. The predicted molar refractivity (Wildman–Crippen MR) is 58.0 cm³/mol. The summed E-state index contributed by atoms with van der Waals surface area (Å²) in [4.78, 5) is 10.9. The Kier molecular flexibility index (Phi) is 2.46. The number of aromatic carboxylic acids is 1. The molecule has 2 rings (SSSR count). The summed E-state index contributed by atoms with van der Waals surface area (Å²) in [5.41, 5.74) is 6.56. The molecule has 1 fully saturated rings. The Balaban J connectivity index is 2.36. The summed E-state index contributed by atoms with van der Waals surface area (Å²) >= 11 is 0. The molecule has 0 aliphatic heterocycles. The molecule has 0 bridgehead atoms. The molecule has 0 spiro atoms. The molecular weight excluding hydrogens is 209 g/mol. The minimum atomic E-state index is -1.10. The third-order valence-electron chi connectivity index (χ3n) is 3.08. The van der Waals surface area contributed by atoms with Crippen LogP contribution in [0.5, 0.6) is 0 Å². The molecule has 4 heteroatoms. The van der Waals surface area contributed by atoms with Crippen LogP contribution in [0.2, 0.25) is 0 Å². The van der Waals surface area contributed by atoms with Gasteiger partial charge in [0.05, 0.1) is 5.56 Å². The molecule has 3 nitrogen and oxygen atoms in total. The number of benzene rings is 1. The molecule has 86 valence electrons. The molecule has 1 saturated carbocycles. The second kappa shape index (κ2) is 3.56. The molecule has 1 aromatic carbocycles. The van der Waals surface area contributed by atoms with E-state index in [-0.39, 0.29) is 16.7 Å². The molecule has 1 aromatic rings. The van der Waals surface area contributed by atoms with Crippen LogP contribution in [0.25, 0.3) is 0 Å². The van der Waals surface area contributed by atoms with Gasteiger partial charge in [-0.2, -0.15) is 0 Å². The highest BCUT2D eigenvalue weighted by Gasteiger charge is 2.38. The van der Waals surface area contributed by atoms with Gasteiger partial charge < -0.3 is 10.8 Å². The zero-order valence-electron chi connectivity index (χ0n) is 9.09. The first-order valence-electron chi connectivity index (χ1n) is 5.22. The smallest absolute Gasteiger partial charge is 0.336 e. The van der Waals surface area contributed by atoms with Gasteiger partial charge in [-0.05, 0) is 49.4 Å². The van der Waals surface area contributed by atoms with Crippen molar-refractivity contribution in [3.63, 3.8) is 0 Å². The Bertz CT molecular complexity index is 453. The number of carboxylic acids is 1. The van der Waals surface area contributed by atoms with Crippen molar-refractivity contribution in [2.24, 2.45) is 5.73 Å². The lowest BCUT2D eigenvalue weighted by Gasteiger charge is -2.11. The molecule has 0 radical (unpaired) electrons. The van der Waals surface area contributed by atoms with E-state index in [4.69, 9.17) is 10.8 Å². The van der Waals surface area contributed by atoms with Crippen molar-refractivity contribution in [3.05, 3.63) is 34.6 Å². The minimum absolute atomic E-state index is 0.0271. The van der Waals surface area contributed by atoms with Crippen molar-refractivity contribution in [3.8, 4) is 0 Å². The lowest BCUT2D eigenvalue weighted by Crippen LogP contribution is -2.24. The first-order chi connectivity index (χ1) is 7.41. The van der Waals surface area contributed by atoms with Crippen LogP contribution >= 0.6 is 0 Å². The average Bonchev–Trinajstić information content (AvgIpc) is 2.89. The molecule has 0 heterocycles. The molecule has 0 atom stereocenters. The van der Waals surface area contributed by atoms with Gasteiger partial charge in [0.15, 0.2) is 0 Å². The van der Waals surface area contributed by atoms with E-state index in [1.54, 1.807) is 0 Å². The summed E-state index contributed by atoms with van der Waals surface area (Å²) in [6.07, 6.45) is 2.39. The Labute approximate surface area is 93.1 Å². The lowest BCUT2D eigenvalue weighted by molar-refractivity contribution is 0.0695. The number of rotatable bonds is 3. The molecule has 3 N–H and O–H groups in total. The fraction of sp³-hybridized carbons (Fsp3) is 0.417. The first-order valence-corrected chi connectivity index (χ1v) is 5.22. The zero-order chi connectivity index (χ0) is 11.9. The molecule has 1 aliphatic carbocycles.